The number of nitrogens with one attached hydrogen (secondary N) is 1. The molecular formula is C16H25NO3. The lowest BCUT2D eigenvalue weighted by molar-refractivity contribution is 0.0679. The number of aliphatic hydroxyl groups excluding tert-OH is 1. The molecule has 4 nitrogen and oxygen atoms in total. The number of hydrogen-bond acceptors (Lipinski definition) is 4. The van der Waals surface area contributed by atoms with Crippen molar-refractivity contribution in [3.05, 3.63) is 29.8 Å². The summed E-state index contributed by atoms with van der Waals surface area (Å²) in [6.45, 7) is 4.52. The van der Waals surface area contributed by atoms with E-state index in [9.17, 15) is 0 Å². The minimum Gasteiger partial charge on any atom is -0.491 e. The quantitative estimate of drug-likeness (QED) is 0.765. The second-order valence-corrected chi connectivity index (χ2v) is 5.26. The van der Waals surface area contributed by atoms with Crippen molar-refractivity contribution in [1.29, 1.82) is 0 Å². The monoisotopic (exact) mass is 279 g/mol. The smallest absolute Gasteiger partial charge is 0.119 e. The summed E-state index contributed by atoms with van der Waals surface area (Å²) in [6, 6.07) is 8.27. The van der Waals surface area contributed by atoms with Crippen LogP contribution in [0.15, 0.2) is 24.3 Å². The van der Waals surface area contributed by atoms with E-state index in [1.54, 1.807) is 0 Å². The molecule has 0 aromatic heterocycles. The van der Waals surface area contributed by atoms with Crippen molar-refractivity contribution in [3.63, 3.8) is 0 Å². The van der Waals surface area contributed by atoms with E-state index in [0.717, 1.165) is 38.2 Å². The van der Waals surface area contributed by atoms with Crippen molar-refractivity contribution in [2.75, 3.05) is 19.8 Å². The van der Waals surface area contributed by atoms with Crippen molar-refractivity contribution in [1.82, 2.24) is 5.32 Å². The van der Waals surface area contributed by atoms with Gasteiger partial charge >= 0.3 is 0 Å². The maximum atomic E-state index is 9.13. The number of aliphatic hydroxyl groups is 1. The predicted octanol–water partition coefficient (Wildman–Crippen LogP) is 2.10. The third-order valence-corrected chi connectivity index (χ3v) is 3.69. The van der Waals surface area contributed by atoms with Gasteiger partial charge < -0.3 is 19.9 Å². The molecule has 1 saturated heterocycles. The van der Waals surface area contributed by atoms with Crippen LogP contribution in [0.25, 0.3) is 0 Å². The second kappa shape index (κ2) is 8.25. The Morgan fingerprint density at radius 2 is 2.20 bits per heavy atom. The van der Waals surface area contributed by atoms with Crippen LogP contribution in [-0.2, 0) is 11.3 Å². The summed E-state index contributed by atoms with van der Waals surface area (Å²) in [5, 5.41) is 12.4. The highest BCUT2D eigenvalue weighted by Crippen LogP contribution is 2.16. The Bertz CT molecular complexity index is 345. The summed E-state index contributed by atoms with van der Waals surface area (Å²) in [4.78, 5) is 0. The molecule has 0 aliphatic carbocycles. The van der Waals surface area contributed by atoms with Crippen molar-refractivity contribution in [3.8, 4) is 5.75 Å². The van der Waals surface area contributed by atoms with Gasteiger partial charge in [-0.3, -0.25) is 0 Å². The van der Waals surface area contributed by atoms with Crippen LogP contribution in [-0.4, -0.2) is 37.1 Å². The molecule has 2 N–H and O–H groups in total. The molecule has 2 atom stereocenters. The zero-order chi connectivity index (χ0) is 14.2. The summed E-state index contributed by atoms with van der Waals surface area (Å²) in [5.41, 5.74) is 1.20. The molecule has 0 spiro atoms. The van der Waals surface area contributed by atoms with Crippen LogP contribution in [0, 0.1) is 0 Å². The summed E-state index contributed by atoms with van der Waals surface area (Å²) in [6.07, 6.45) is 3.43. The third kappa shape index (κ3) is 4.78. The Kier molecular flexibility index (Phi) is 6.30. The molecule has 1 aromatic carbocycles. The highest BCUT2D eigenvalue weighted by molar-refractivity contribution is 5.27. The van der Waals surface area contributed by atoms with Crippen LogP contribution in [0.4, 0.5) is 0 Å². The third-order valence-electron chi connectivity index (χ3n) is 3.69. The van der Waals surface area contributed by atoms with Crippen LogP contribution in [0.2, 0.25) is 0 Å². The fourth-order valence-corrected chi connectivity index (χ4v) is 2.27. The Morgan fingerprint density at radius 3 is 2.80 bits per heavy atom. The molecule has 20 heavy (non-hydrogen) atoms. The fraction of sp³-hybridized carbons (Fsp3) is 0.625. The van der Waals surface area contributed by atoms with E-state index < -0.39 is 0 Å². The normalized spacial score (nSPS) is 20.0. The van der Waals surface area contributed by atoms with E-state index in [4.69, 9.17) is 14.6 Å². The first-order chi connectivity index (χ1) is 9.81. The van der Waals surface area contributed by atoms with Gasteiger partial charge in [-0.2, -0.15) is 0 Å². The van der Waals surface area contributed by atoms with Crippen molar-refractivity contribution in [2.24, 2.45) is 0 Å². The lowest BCUT2D eigenvalue weighted by atomic mass is 10.2. The zero-order valence-corrected chi connectivity index (χ0v) is 12.2. The van der Waals surface area contributed by atoms with Gasteiger partial charge in [0.1, 0.15) is 12.4 Å². The molecule has 2 unspecified atom stereocenters. The van der Waals surface area contributed by atoms with Gasteiger partial charge in [0.05, 0.1) is 12.7 Å². The molecule has 112 valence electrons. The summed E-state index contributed by atoms with van der Waals surface area (Å²) >= 11 is 0. The van der Waals surface area contributed by atoms with Crippen molar-refractivity contribution < 1.29 is 14.6 Å². The maximum absolute atomic E-state index is 9.13. The first-order valence-corrected chi connectivity index (χ1v) is 7.49. The molecule has 0 bridgehead atoms. The highest BCUT2D eigenvalue weighted by atomic mass is 16.5. The molecule has 1 fully saturated rings. The molecule has 2 rings (SSSR count). The molecule has 4 heteroatoms. The van der Waals surface area contributed by atoms with Gasteiger partial charge in [-0.05, 0) is 37.0 Å². The van der Waals surface area contributed by atoms with Crippen molar-refractivity contribution >= 4 is 0 Å². The minimum atomic E-state index is 0.172. The lowest BCUT2D eigenvalue weighted by Crippen LogP contribution is -2.31. The number of hydrogen-bond donors (Lipinski definition) is 2. The van der Waals surface area contributed by atoms with E-state index >= 15 is 0 Å². The van der Waals surface area contributed by atoms with Gasteiger partial charge in [-0.25, -0.2) is 0 Å². The largest absolute Gasteiger partial charge is 0.491 e. The molecule has 0 amide bonds. The number of rotatable bonds is 8. The average molecular weight is 279 g/mol. The van der Waals surface area contributed by atoms with Crippen LogP contribution < -0.4 is 10.1 Å². The van der Waals surface area contributed by atoms with Gasteiger partial charge in [0.15, 0.2) is 0 Å². The zero-order valence-electron chi connectivity index (χ0n) is 12.2. The Labute approximate surface area is 121 Å². The maximum Gasteiger partial charge on any atom is 0.119 e. The highest BCUT2D eigenvalue weighted by Gasteiger charge is 2.15. The first-order valence-electron chi connectivity index (χ1n) is 7.49. The Hall–Kier alpha value is -1.10. The SMILES string of the molecule is CCC(CO)NCc1ccc(OCC2CCCO2)cc1. The van der Waals surface area contributed by atoms with E-state index in [-0.39, 0.29) is 18.8 Å². The molecule has 1 heterocycles. The Morgan fingerprint density at radius 1 is 1.40 bits per heavy atom. The molecule has 0 saturated carbocycles. The minimum absolute atomic E-state index is 0.172. The molecule has 0 radical (unpaired) electrons. The van der Waals surface area contributed by atoms with Crippen LogP contribution >= 0.6 is 0 Å². The van der Waals surface area contributed by atoms with Gasteiger partial charge in [0.25, 0.3) is 0 Å². The molecular weight excluding hydrogens is 254 g/mol. The lowest BCUT2D eigenvalue weighted by Gasteiger charge is -2.14. The summed E-state index contributed by atoms with van der Waals surface area (Å²) < 4.78 is 11.3. The van der Waals surface area contributed by atoms with Gasteiger partial charge in [-0.1, -0.05) is 19.1 Å². The van der Waals surface area contributed by atoms with E-state index in [1.807, 2.05) is 12.1 Å². The van der Waals surface area contributed by atoms with Crippen LogP contribution in [0.3, 0.4) is 0 Å². The molecule has 1 aliphatic rings. The van der Waals surface area contributed by atoms with Crippen LogP contribution in [0.5, 0.6) is 5.75 Å². The van der Waals surface area contributed by atoms with Gasteiger partial charge in [0.2, 0.25) is 0 Å². The fourth-order valence-electron chi connectivity index (χ4n) is 2.27. The second-order valence-electron chi connectivity index (χ2n) is 5.26. The molecule has 1 aromatic rings. The average Bonchev–Trinajstić information content (AvgIpc) is 3.01. The molecule has 1 aliphatic heterocycles. The Balaban J connectivity index is 1.74. The summed E-state index contributed by atoms with van der Waals surface area (Å²) in [5.74, 6) is 0.887. The number of ether oxygens (including phenoxy) is 2. The summed E-state index contributed by atoms with van der Waals surface area (Å²) in [7, 11) is 0. The van der Waals surface area contributed by atoms with Crippen molar-refractivity contribution in [2.45, 2.75) is 44.9 Å². The van der Waals surface area contributed by atoms with E-state index in [0.29, 0.717) is 6.61 Å². The predicted molar refractivity (Wildman–Crippen MR) is 78.9 cm³/mol. The van der Waals surface area contributed by atoms with E-state index in [1.165, 1.54) is 5.56 Å². The van der Waals surface area contributed by atoms with Gasteiger partial charge in [0, 0.05) is 19.2 Å². The number of benzene rings is 1. The topological polar surface area (TPSA) is 50.7 Å². The van der Waals surface area contributed by atoms with Crippen LogP contribution in [0.1, 0.15) is 31.7 Å². The first kappa shape index (κ1) is 15.3. The van der Waals surface area contributed by atoms with Gasteiger partial charge in [-0.15, -0.1) is 0 Å². The van der Waals surface area contributed by atoms with E-state index in [2.05, 4.69) is 24.4 Å². The standard InChI is InChI=1S/C16H25NO3/c1-2-14(11-18)17-10-13-5-7-15(8-6-13)20-12-16-4-3-9-19-16/h5-8,14,16-18H,2-4,9-12H2,1H3.